The van der Waals surface area contributed by atoms with Crippen molar-refractivity contribution in [1.82, 2.24) is 9.97 Å². The number of benzene rings is 1. The molecule has 11 heteroatoms. The molecule has 2 fully saturated rings. The summed E-state index contributed by atoms with van der Waals surface area (Å²) in [4.78, 5) is 14.2. The summed E-state index contributed by atoms with van der Waals surface area (Å²) in [5.74, 6) is 1.72. The van der Waals surface area contributed by atoms with Crippen LogP contribution < -0.4 is 14.5 Å². The summed E-state index contributed by atoms with van der Waals surface area (Å²) in [7, 11) is -3.66. The van der Waals surface area contributed by atoms with Crippen LogP contribution in [0.5, 0.6) is 0 Å². The van der Waals surface area contributed by atoms with Crippen LogP contribution in [0.15, 0.2) is 47.2 Å². The molecular weight excluding hydrogens is 530 g/mol. The van der Waals surface area contributed by atoms with Gasteiger partial charge in [0.1, 0.15) is 17.8 Å². The topological polar surface area (TPSA) is 121 Å². The van der Waals surface area contributed by atoms with Crippen LogP contribution in [0.1, 0.15) is 38.5 Å². The Hall–Kier alpha value is -3.15. The third-order valence-corrected chi connectivity index (χ3v) is 9.41. The zero-order valence-corrected chi connectivity index (χ0v) is 23.5. The number of aromatic nitrogens is 2. The van der Waals surface area contributed by atoms with Crippen molar-refractivity contribution in [2.75, 3.05) is 59.7 Å². The second-order valence-electron chi connectivity index (χ2n) is 11.0. The molecule has 2 saturated heterocycles. The fraction of sp³-hybridized carbons (Fsp3) is 0.517. The van der Waals surface area contributed by atoms with Crippen LogP contribution >= 0.6 is 0 Å². The minimum absolute atomic E-state index is 0.217. The Labute approximate surface area is 235 Å². The lowest BCUT2D eigenvalue weighted by Crippen LogP contribution is -2.37. The van der Waals surface area contributed by atoms with Crippen LogP contribution in [0.4, 0.5) is 17.2 Å². The number of anilines is 3. The Bertz CT molecular complexity index is 1420. The lowest BCUT2D eigenvalue weighted by molar-refractivity contribution is 0.0330. The van der Waals surface area contributed by atoms with Crippen molar-refractivity contribution in [3.05, 3.63) is 42.8 Å². The molecule has 4 aliphatic heterocycles. The second-order valence-corrected chi connectivity index (χ2v) is 12.8. The number of fused-ring (bicyclic) bond motifs is 5. The maximum absolute atomic E-state index is 12.4. The van der Waals surface area contributed by atoms with Crippen LogP contribution in [0.2, 0.25) is 0 Å². The maximum Gasteiger partial charge on any atom is 0.234 e. The molecule has 1 atom stereocenters. The van der Waals surface area contributed by atoms with Crippen LogP contribution in [0, 0.1) is 5.92 Å². The number of aliphatic hydroxyl groups excluding tert-OH is 1. The van der Waals surface area contributed by atoms with Crippen molar-refractivity contribution in [3.8, 4) is 22.7 Å². The minimum atomic E-state index is -3.66. The highest BCUT2D eigenvalue weighted by molar-refractivity contribution is 7.92. The molecule has 0 radical (unpaired) electrons. The van der Waals surface area contributed by atoms with Gasteiger partial charge in [-0.25, -0.2) is 18.4 Å². The molecule has 1 unspecified atom stereocenters. The molecule has 3 aromatic rings. The van der Waals surface area contributed by atoms with Crippen molar-refractivity contribution in [2.24, 2.45) is 5.92 Å². The number of hydrogen-bond acceptors (Lipinski definition) is 9. The van der Waals surface area contributed by atoms with Gasteiger partial charge in [0.05, 0.1) is 35.4 Å². The van der Waals surface area contributed by atoms with Crippen LogP contribution in [-0.2, 0) is 14.8 Å². The summed E-state index contributed by atoms with van der Waals surface area (Å²) in [5.41, 5.74) is 3.76. The van der Waals surface area contributed by atoms with Gasteiger partial charge in [-0.15, -0.1) is 0 Å². The van der Waals surface area contributed by atoms with Gasteiger partial charge in [0.25, 0.3) is 0 Å². The third kappa shape index (κ3) is 6.11. The molecule has 0 aliphatic carbocycles. The van der Waals surface area contributed by atoms with E-state index < -0.39 is 16.6 Å². The fourth-order valence-electron chi connectivity index (χ4n) is 6.06. The lowest BCUT2D eigenvalue weighted by atomic mass is 9.93. The standard InChI is InChI=1S/C29H37N5O5S/c35-14-16-40(36,37)32-23-5-6-25-27(18-23)33-12-8-24(9-13-33)38-15-2-4-21-3-1-11-34(19-21)28-17-22(7-10-30-28)26-20-39-29(25)31-26/h5-7,10,17-18,20-21,24,32,35H,1-4,8-9,11-16,19H2. The number of pyridine rings is 1. The van der Waals surface area contributed by atoms with Crippen molar-refractivity contribution < 1.29 is 22.7 Å². The van der Waals surface area contributed by atoms with E-state index in [9.17, 15) is 8.42 Å². The van der Waals surface area contributed by atoms with Crippen molar-refractivity contribution >= 4 is 27.2 Å². The highest BCUT2D eigenvalue weighted by Crippen LogP contribution is 2.37. The predicted octanol–water partition coefficient (Wildman–Crippen LogP) is 4.13. The quantitative estimate of drug-likeness (QED) is 0.479. The van der Waals surface area contributed by atoms with Crippen LogP contribution in [-0.4, -0.2) is 74.7 Å². The molecule has 2 N–H and O–H groups in total. The molecule has 0 spiro atoms. The predicted molar refractivity (Wildman–Crippen MR) is 155 cm³/mol. The Morgan fingerprint density at radius 2 is 1.88 bits per heavy atom. The van der Waals surface area contributed by atoms with Crippen LogP contribution in [0.3, 0.4) is 0 Å². The summed E-state index contributed by atoms with van der Waals surface area (Å²) in [6.45, 7) is 3.91. The van der Waals surface area contributed by atoms with E-state index in [0.29, 0.717) is 17.5 Å². The van der Waals surface area contributed by atoms with Gasteiger partial charge in [0.15, 0.2) is 0 Å². The molecule has 10 nitrogen and oxygen atoms in total. The Morgan fingerprint density at radius 3 is 2.73 bits per heavy atom. The second kappa shape index (κ2) is 11.8. The molecule has 0 amide bonds. The number of piperidine rings is 2. The van der Waals surface area contributed by atoms with Gasteiger partial charge in [0, 0.05) is 44.5 Å². The summed E-state index contributed by atoms with van der Waals surface area (Å²) >= 11 is 0. The first-order valence-corrected chi connectivity index (χ1v) is 15.9. The Balaban J connectivity index is 1.37. The fourth-order valence-corrected chi connectivity index (χ4v) is 6.89. The number of nitrogens with one attached hydrogen (secondary N) is 1. The van der Waals surface area contributed by atoms with Gasteiger partial charge < -0.3 is 24.1 Å². The van der Waals surface area contributed by atoms with Crippen LogP contribution in [0.25, 0.3) is 22.7 Å². The van der Waals surface area contributed by atoms with E-state index in [1.165, 1.54) is 12.8 Å². The van der Waals surface area contributed by atoms with Gasteiger partial charge >= 0.3 is 0 Å². The molecule has 2 aromatic heterocycles. The maximum atomic E-state index is 12.4. The van der Waals surface area contributed by atoms with Crippen molar-refractivity contribution in [3.63, 3.8) is 0 Å². The number of hydrogen-bond donors (Lipinski definition) is 2. The van der Waals surface area contributed by atoms with E-state index in [4.69, 9.17) is 19.2 Å². The summed E-state index contributed by atoms with van der Waals surface area (Å²) in [6.07, 6.45) is 10.1. The zero-order valence-electron chi connectivity index (χ0n) is 22.7. The molecule has 7 rings (SSSR count). The zero-order chi connectivity index (χ0) is 27.5. The smallest absolute Gasteiger partial charge is 0.234 e. The molecule has 214 valence electrons. The van der Waals surface area contributed by atoms with Gasteiger partial charge in [-0.05, 0) is 74.8 Å². The highest BCUT2D eigenvalue weighted by atomic mass is 32.2. The average molecular weight is 568 g/mol. The monoisotopic (exact) mass is 567 g/mol. The molecule has 6 heterocycles. The number of nitrogens with zero attached hydrogens (tertiary/aromatic N) is 4. The van der Waals surface area contributed by atoms with Gasteiger partial charge in [-0.1, -0.05) is 0 Å². The van der Waals surface area contributed by atoms with E-state index in [2.05, 4.69) is 25.6 Å². The van der Waals surface area contributed by atoms with E-state index in [-0.39, 0.29) is 11.9 Å². The third-order valence-electron chi connectivity index (χ3n) is 8.14. The molecule has 4 aliphatic rings. The van der Waals surface area contributed by atoms with E-state index in [1.807, 2.05) is 24.4 Å². The summed E-state index contributed by atoms with van der Waals surface area (Å²) < 4.78 is 39.6. The number of oxazole rings is 1. The molecule has 40 heavy (non-hydrogen) atoms. The first kappa shape index (κ1) is 27.0. The molecule has 1 aromatic carbocycles. The normalized spacial score (nSPS) is 21.7. The Morgan fingerprint density at radius 1 is 1.02 bits per heavy atom. The van der Waals surface area contributed by atoms with E-state index in [1.54, 1.807) is 12.3 Å². The number of aliphatic hydroxyl groups is 1. The molecule has 8 bridgehead atoms. The van der Waals surface area contributed by atoms with Gasteiger partial charge in [-0.3, -0.25) is 4.72 Å². The van der Waals surface area contributed by atoms with Gasteiger partial charge in [0.2, 0.25) is 15.9 Å². The number of sulfonamides is 1. The van der Waals surface area contributed by atoms with E-state index in [0.717, 1.165) is 86.8 Å². The first-order valence-electron chi connectivity index (χ1n) is 14.3. The summed E-state index contributed by atoms with van der Waals surface area (Å²) in [5, 5.41) is 9.14. The van der Waals surface area contributed by atoms with Crippen molar-refractivity contribution in [1.29, 1.82) is 0 Å². The minimum Gasteiger partial charge on any atom is -0.444 e. The number of ether oxygens (including phenoxy) is 1. The average Bonchev–Trinajstić information content (AvgIpc) is 3.46. The first-order chi connectivity index (χ1) is 19.5. The lowest BCUT2D eigenvalue weighted by Gasteiger charge is -2.35. The summed E-state index contributed by atoms with van der Waals surface area (Å²) in [6, 6.07) is 9.43. The Kier molecular flexibility index (Phi) is 7.95. The molecular formula is C29H37N5O5S. The van der Waals surface area contributed by atoms with Crippen molar-refractivity contribution in [2.45, 2.75) is 44.6 Å². The largest absolute Gasteiger partial charge is 0.444 e. The number of rotatable bonds is 4. The highest BCUT2D eigenvalue weighted by Gasteiger charge is 2.26. The molecule has 0 saturated carbocycles. The SMILES string of the molecule is O=S(=O)(CCO)Nc1ccc2c(c1)N1CCC(CC1)OCCCC1CCCN(C1)c1cc(ccn1)-c1coc-2n1. The van der Waals surface area contributed by atoms with E-state index >= 15 is 0 Å². The van der Waals surface area contributed by atoms with Gasteiger partial charge in [-0.2, -0.15) is 0 Å².